The fourth-order valence-electron chi connectivity index (χ4n) is 1.10. The molecule has 1 rings (SSSR count). The molecule has 0 saturated carbocycles. The molecular formula is C11H14BrNO2. The van der Waals surface area contributed by atoms with Crippen molar-refractivity contribution in [1.29, 1.82) is 0 Å². The first-order chi connectivity index (χ1) is 7.24. The maximum atomic E-state index is 11.1. The highest BCUT2D eigenvalue weighted by molar-refractivity contribution is 9.10. The van der Waals surface area contributed by atoms with Crippen molar-refractivity contribution in [3.8, 4) is 5.75 Å². The molecule has 0 bridgehead atoms. The standard InChI is InChI=1S/C11H14BrNO2/c1-2-13-11(14)7-8-15-10-6-4-3-5-9(10)12/h3-6H,2,7-8H2,1H3,(H,13,14). The number of nitrogens with one attached hydrogen (secondary N) is 1. The molecule has 1 amide bonds. The van der Waals surface area contributed by atoms with Crippen LogP contribution in [0.1, 0.15) is 13.3 Å². The van der Waals surface area contributed by atoms with Gasteiger partial charge in [0.25, 0.3) is 0 Å². The number of benzene rings is 1. The smallest absolute Gasteiger partial charge is 0.223 e. The molecule has 0 heterocycles. The van der Waals surface area contributed by atoms with Crippen molar-refractivity contribution in [2.75, 3.05) is 13.2 Å². The Kier molecular flexibility index (Phi) is 5.18. The molecule has 0 aliphatic carbocycles. The molecule has 0 atom stereocenters. The first-order valence-electron chi connectivity index (χ1n) is 4.88. The SMILES string of the molecule is CCNC(=O)CCOc1ccccc1Br. The number of carbonyl (C=O) groups is 1. The molecule has 3 nitrogen and oxygen atoms in total. The van der Waals surface area contributed by atoms with Crippen LogP contribution in [0.15, 0.2) is 28.7 Å². The van der Waals surface area contributed by atoms with Crippen molar-refractivity contribution in [3.63, 3.8) is 0 Å². The minimum absolute atomic E-state index is 0.0181. The lowest BCUT2D eigenvalue weighted by molar-refractivity contribution is -0.121. The molecule has 0 spiro atoms. The molecule has 0 aliphatic heterocycles. The molecule has 0 unspecified atom stereocenters. The molecule has 82 valence electrons. The quantitative estimate of drug-likeness (QED) is 0.893. The zero-order valence-corrected chi connectivity index (χ0v) is 10.2. The Bertz CT molecular complexity index is 328. The van der Waals surface area contributed by atoms with Gasteiger partial charge < -0.3 is 10.1 Å². The van der Waals surface area contributed by atoms with Crippen molar-refractivity contribution in [3.05, 3.63) is 28.7 Å². The third kappa shape index (κ3) is 4.34. The summed E-state index contributed by atoms with van der Waals surface area (Å²) in [6.45, 7) is 2.95. The average Bonchev–Trinajstić information content (AvgIpc) is 2.21. The Balaban J connectivity index is 2.32. The molecule has 0 radical (unpaired) electrons. The summed E-state index contributed by atoms with van der Waals surface area (Å²) in [7, 11) is 0. The molecule has 1 N–H and O–H groups in total. The van der Waals surface area contributed by atoms with Crippen molar-refractivity contribution in [2.24, 2.45) is 0 Å². The van der Waals surface area contributed by atoms with E-state index in [0.717, 1.165) is 10.2 Å². The van der Waals surface area contributed by atoms with E-state index >= 15 is 0 Å². The van der Waals surface area contributed by atoms with Crippen molar-refractivity contribution in [2.45, 2.75) is 13.3 Å². The second-order valence-corrected chi connectivity index (χ2v) is 3.84. The fourth-order valence-corrected chi connectivity index (χ4v) is 1.50. The topological polar surface area (TPSA) is 38.3 Å². The van der Waals surface area contributed by atoms with E-state index in [1.54, 1.807) is 0 Å². The summed E-state index contributed by atoms with van der Waals surface area (Å²) in [5, 5.41) is 2.72. The zero-order chi connectivity index (χ0) is 11.1. The van der Waals surface area contributed by atoms with Crippen LogP contribution in [0.5, 0.6) is 5.75 Å². The lowest BCUT2D eigenvalue weighted by Crippen LogP contribution is -2.24. The summed E-state index contributed by atoms with van der Waals surface area (Å²) in [5.41, 5.74) is 0. The van der Waals surface area contributed by atoms with E-state index in [1.807, 2.05) is 31.2 Å². The van der Waals surface area contributed by atoms with Crippen LogP contribution in [0.3, 0.4) is 0 Å². The summed E-state index contributed by atoms with van der Waals surface area (Å²) in [6.07, 6.45) is 0.384. The number of para-hydroxylation sites is 1. The van der Waals surface area contributed by atoms with Crippen molar-refractivity contribution >= 4 is 21.8 Å². The average molecular weight is 272 g/mol. The van der Waals surface area contributed by atoms with Crippen LogP contribution in [-0.2, 0) is 4.79 Å². The van der Waals surface area contributed by atoms with Crippen molar-refractivity contribution < 1.29 is 9.53 Å². The maximum absolute atomic E-state index is 11.1. The number of hydrogen-bond donors (Lipinski definition) is 1. The van der Waals surface area contributed by atoms with Crippen LogP contribution in [0.25, 0.3) is 0 Å². The number of hydrogen-bond acceptors (Lipinski definition) is 2. The van der Waals surface area contributed by atoms with Gasteiger partial charge in [0.05, 0.1) is 17.5 Å². The number of ether oxygens (including phenoxy) is 1. The summed E-state index contributed by atoms with van der Waals surface area (Å²) in [5.74, 6) is 0.784. The van der Waals surface area contributed by atoms with E-state index in [2.05, 4.69) is 21.2 Å². The summed E-state index contributed by atoms with van der Waals surface area (Å²) < 4.78 is 6.35. The molecule has 4 heteroatoms. The van der Waals surface area contributed by atoms with E-state index < -0.39 is 0 Å². The zero-order valence-electron chi connectivity index (χ0n) is 8.63. The molecular weight excluding hydrogens is 258 g/mol. The van der Waals surface area contributed by atoms with Crippen LogP contribution in [0.2, 0.25) is 0 Å². The first kappa shape index (κ1) is 12.0. The maximum Gasteiger partial charge on any atom is 0.223 e. The molecule has 0 aromatic heterocycles. The van der Waals surface area contributed by atoms with Gasteiger partial charge in [-0.25, -0.2) is 0 Å². The Hall–Kier alpha value is -1.03. The lowest BCUT2D eigenvalue weighted by atomic mass is 10.3. The van der Waals surface area contributed by atoms with Gasteiger partial charge in [-0.15, -0.1) is 0 Å². The summed E-state index contributed by atoms with van der Waals surface area (Å²) in [6, 6.07) is 7.58. The van der Waals surface area contributed by atoms with Gasteiger partial charge >= 0.3 is 0 Å². The normalized spacial score (nSPS) is 9.73. The van der Waals surface area contributed by atoms with Gasteiger partial charge in [-0.3, -0.25) is 4.79 Å². The Morgan fingerprint density at radius 3 is 2.87 bits per heavy atom. The number of rotatable bonds is 5. The van der Waals surface area contributed by atoms with E-state index in [-0.39, 0.29) is 5.91 Å². The Morgan fingerprint density at radius 2 is 2.20 bits per heavy atom. The summed E-state index contributed by atoms with van der Waals surface area (Å²) in [4.78, 5) is 11.1. The van der Waals surface area contributed by atoms with E-state index in [0.29, 0.717) is 19.6 Å². The summed E-state index contributed by atoms with van der Waals surface area (Å²) >= 11 is 3.37. The van der Waals surface area contributed by atoms with Crippen molar-refractivity contribution in [1.82, 2.24) is 5.32 Å². The van der Waals surface area contributed by atoms with Crippen LogP contribution in [0, 0.1) is 0 Å². The van der Waals surface area contributed by atoms with Gasteiger partial charge in [0.1, 0.15) is 5.75 Å². The fraction of sp³-hybridized carbons (Fsp3) is 0.364. The minimum atomic E-state index is 0.0181. The third-order valence-corrected chi connectivity index (χ3v) is 2.45. The second kappa shape index (κ2) is 6.45. The molecule has 1 aromatic carbocycles. The van der Waals surface area contributed by atoms with E-state index in [9.17, 15) is 4.79 Å². The molecule has 0 aliphatic rings. The minimum Gasteiger partial charge on any atom is -0.492 e. The first-order valence-corrected chi connectivity index (χ1v) is 5.67. The molecule has 0 fully saturated rings. The molecule has 1 aromatic rings. The van der Waals surface area contributed by atoms with Gasteiger partial charge in [-0.1, -0.05) is 12.1 Å². The lowest BCUT2D eigenvalue weighted by Gasteiger charge is -2.07. The Labute approximate surface area is 97.9 Å². The monoisotopic (exact) mass is 271 g/mol. The Morgan fingerprint density at radius 1 is 1.47 bits per heavy atom. The number of carbonyl (C=O) groups excluding carboxylic acids is 1. The van der Waals surface area contributed by atoms with Crippen LogP contribution >= 0.6 is 15.9 Å². The number of amides is 1. The largest absolute Gasteiger partial charge is 0.492 e. The van der Waals surface area contributed by atoms with Gasteiger partial charge in [0.2, 0.25) is 5.91 Å². The van der Waals surface area contributed by atoms with Gasteiger partial charge in [-0.05, 0) is 35.0 Å². The van der Waals surface area contributed by atoms with Gasteiger partial charge in [0, 0.05) is 6.54 Å². The molecule has 0 saturated heterocycles. The second-order valence-electron chi connectivity index (χ2n) is 2.98. The van der Waals surface area contributed by atoms with Gasteiger partial charge in [-0.2, -0.15) is 0 Å². The predicted molar refractivity (Wildman–Crippen MR) is 62.9 cm³/mol. The van der Waals surface area contributed by atoms with Crippen LogP contribution in [0.4, 0.5) is 0 Å². The van der Waals surface area contributed by atoms with Crippen LogP contribution < -0.4 is 10.1 Å². The molecule has 15 heavy (non-hydrogen) atoms. The van der Waals surface area contributed by atoms with E-state index in [1.165, 1.54) is 0 Å². The number of halogens is 1. The van der Waals surface area contributed by atoms with Gasteiger partial charge in [0.15, 0.2) is 0 Å². The third-order valence-electron chi connectivity index (χ3n) is 1.80. The highest BCUT2D eigenvalue weighted by Crippen LogP contribution is 2.23. The highest BCUT2D eigenvalue weighted by Gasteiger charge is 2.02. The predicted octanol–water partition coefficient (Wildman–Crippen LogP) is 2.35. The van der Waals surface area contributed by atoms with E-state index in [4.69, 9.17) is 4.74 Å². The van der Waals surface area contributed by atoms with Crippen LogP contribution in [-0.4, -0.2) is 19.1 Å². The highest BCUT2D eigenvalue weighted by atomic mass is 79.9.